The number of alkyl halides is 1. The summed E-state index contributed by atoms with van der Waals surface area (Å²) in [6, 6.07) is 10.4. The minimum absolute atomic E-state index is 0.333. The summed E-state index contributed by atoms with van der Waals surface area (Å²) in [6.07, 6.45) is 2.23. The molecule has 2 aromatic rings. The van der Waals surface area contributed by atoms with Gasteiger partial charge in [-0.1, -0.05) is 13.8 Å². The lowest BCUT2D eigenvalue weighted by molar-refractivity contribution is 0.0675. The van der Waals surface area contributed by atoms with Gasteiger partial charge in [0.25, 0.3) is 0 Å². The lowest BCUT2D eigenvalue weighted by Crippen LogP contribution is -2.49. The predicted octanol–water partition coefficient (Wildman–Crippen LogP) is 4.07. The summed E-state index contributed by atoms with van der Waals surface area (Å²) in [6.45, 7) is 6.05. The van der Waals surface area contributed by atoms with Crippen molar-refractivity contribution in [1.29, 1.82) is 5.26 Å². The number of halogens is 1. The van der Waals surface area contributed by atoms with Crippen LogP contribution >= 0.6 is 0 Å². The minimum Gasteiger partial charge on any atom is -0.381 e. The van der Waals surface area contributed by atoms with Gasteiger partial charge in [-0.05, 0) is 54.2 Å². The molecular formula is C22H26FN5O. The van der Waals surface area contributed by atoms with Crippen LogP contribution < -0.4 is 10.2 Å². The second-order valence-corrected chi connectivity index (χ2v) is 8.16. The first kappa shape index (κ1) is 19.6. The van der Waals surface area contributed by atoms with Crippen LogP contribution in [0.5, 0.6) is 0 Å². The van der Waals surface area contributed by atoms with E-state index in [-0.39, 0.29) is 0 Å². The Morgan fingerprint density at radius 3 is 2.66 bits per heavy atom. The molecule has 2 aliphatic heterocycles. The van der Waals surface area contributed by atoms with Crippen molar-refractivity contribution in [3.63, 3.8) is 0 Å². The highest BCUT2D eigenvalue weighted by Gasteiger charge is 2.37. The molecule has 0 bridgehead atoms. The molecule has 0 aliphatic carbocycles. The number of anilines is 3. The third-order valence-electron chi connectivity index (χ3n) is 5.79. The first-order chi connectivity index (χ1) is 14.0. The zero-order chi connectivity index (χ0) is 20.4. The summed E-state index contributed by atoms with van der Waals surface area (Å²) in [5, 5.41) is 13.3. The minimum atomic E-state index is -0.825. The number of ether oxygens (including phenoxy) is 1. The van der Waals surface area contributed by atoms with E-state index < -0.39 is 11.6 Å². The number of nitrogens with one attached hydrogen (secondary N) is 1. The maximum absolute atomic E-state index is 13.5. The molecule has 0 atom stereocenters. The van der Waals surface area contributed by atoms with E-state index in [9.17, 15) is 9.65 Å². The van der Waals surface area contributed by atoms with Crippen LogP contribution in [0.1, 0.15) is 43.7 Å². The Morgan fingerprint density at radius 2 is 2.00 bits per heavy atom. The third kappa shape index (κ3) is 4.03. The largest absolute Gasteiger partial charge is 0.381 e. The average Bonchev–Trinajstić information content (AvgIpc) is 2.72. The number of nitrogens with zero attached hydrogens (tertiary/aromatic N) is 4. The Morgan fingerprint density at radius 1 is 1.24 bits per heavy atom. The molecule has 6 nitrogen and oxygen atoms in total. The van der Waals surface area contributed by atoms with Gasteiger partial charge in [-0.3, -0.25) is 0 Å². The van der Waals surface area contributed by atoms with Gasteiger partial charge in [0.1, 0.15) is 23.6 Å². The molecule has 152 valence electrons. The van der Waals surface area contributed by atoms with Crippen LogP contribution in [0.25, 0.3) is 0 Å². The number of nitriles is 1. The van der Waals surface area contributed by atoms with E-state index in [2.05, 4.69) is 35.2 Å². The van der Waals surface area contributed by atoms with Gasteiger partial charge >= 0.3 is 0 Å². The summed E-state index contributed by atoms with van der Waals surface area (Å²) >= 11 is 0. The summed E-state index contributed by atoms with van der Waals surface area (Å²) in [7, 11) is 0. The zero-order valence-corrected chi connectivity index (χ0v) is 16.9. The topological polar surface area (TPSA) is 74.1 Å². The van der Waals surface area contributed by atoms with Crippen LogP contribution in [0, 0.1) is 11.3 Å². The van der Waals surface area contributed by atoms with Gasteiger partial charge in [-0.25, -0.2) is 14.4 Å². The van der Waals surface area contributed by atoms with Gasteiger partial charge in [-0.2, -0.15) is 5.26 Å². The molecule has 2 fully saturated rings. The van der Waals surface area contributed by atoms with Crippen molar-refractivity contribution < 1.29 is 9.13 Å². The van der Waals surface area contributed by atoms with Crippen LogP contribution in [0.2, 0.25) is 0 Å². The molecule has 2 aliphatic rings. The summed E-state index contributed by atoms with van der Waals surface area (Å²) in [4.78, 5) is 11.0. The standard InChI is InChI=1S/C22H26FN5O/c1-15(2)16-3-6-25-19(9-16)26-20-10-17(22(14-24)4-7-29-8-5-22)11-21(27-20)28-12-18(23)13-28/h3,6,9-11,15,18H,4-5,7-8,12-13H2,1-2H3,(H,25,26,27). The quantitative estimate of drug-likeness (QED) is 0.823. The molecule has 29 heavy (non-hydrogen) atoms. The molecule has 2 aromatic heterocycles. The smallest absolute Gasteiger partial charge is 0.135 e. The Balaban J connectivity index is 1.70. The number of pyridine rings is 2. The predicted molar refractivity (Wildman–Crippen MR) is 110 cm³/mol. The normalized spacial score (nSPS) is 18.9. The van der Waals surface area contributed by atoms with E-state index in [0.717, 1.165) is 5.56 Å². The highest BCUT2D eigenvalue weighted by molar-refractivity contribution is 5.60. The number of rotatable bonds is 5. The Bertz CT molecular complexity index is 914. The molecule has 0 unspecified atom stereocenters. The van der Waals surface area contributed by atoms with E-state index in [1.165, 1.54) is 5.56 Å². The van der Waals surface area contributed by atoms with Crippen molar-refractivity contribution >= 4 is 17.5 Å². The van der Waals surface area contributed by atoms with Crippen LogP contribution in [-0.4, -0.2) is 42.4 Å². The third-order valence-corrected chi connectivity index (χ3v) is 5.79. The Kier molecular flexibility index (Phi) is 5.37. The second kappa shape index (κ2) is 7.96. The van der Waals surface area contributed by atoms with Gasteiger partial charge in [0.05, 0.1) is 24.6 Å². The first-order valence-corrected chi connectivity index (χ1v) is 10.1. The molecule has 0 saturated carbocycles. The van der Waals surface area contributed by atoms with Gasteiger partial charge in [-0.15, -0.1) is 0 Å². The Hall–Kier alpha value is -2.72. The molecule has 0 radical (unpaired) electrons. The van der Waals surface area contributed by atoms with E-state index >= 15 is 0 Å². The van der Waals surface area contributed by atoms with E-state index in [1.807, 2.05) is 29.2 Å². The average molecular weight is 395 g/mol. The second-order valence-electron chi connectivity index (χ2n) is 8.16. The maximum Gasteiger partial charge on any atom is 0.135 e. The van der Waals surface area contributed by atoms with Crippen LogP contribution in [0.4, 0.5) is 21.8 Å². The molecule has 4 heterocycles. The fraction of sp³-hybridized carbons (Fsp3) is 0.500. The molecule has 0 aromatic carbocycles. The Labute approximate surface area is 170 Å². The fourth-order valence-electron chi connectivity index (χ4n) is 3.82. The lowest BCUT2D eigenvalue weighted by Gasteiger charge is -2.37. The number of hydrogen-bond acceptors (Lipinski definition) is 6. The monoisotopic (exact) mass is 395 g/mol. The highest BCUT2D eigenvalue weighted by atomic mass is 19.1. The van der Waals surface area contributed by atoms with E-state index in [0.29, 0.717) is 62.5 Å². The SMILES string of the molecule is CC(C)c1ccnc(Nc2cc(C3(C#N)CCOCC3)cc(N3CC(F)C3)n2)c1. The summed E-state index contributed by atoms with van der Waals surface area (Å²) < 4.78 is 18.9. The molecule has 1 N–H and O–H groups in total. The zero-order valence-electron chi connectivity index (χ0n) is 16.9. The number of aromatic nitrogens is 2. The molecule has 0 spiro atoms. The number of hydrogen-bond donors (Lipinski definition) is 1. The van der Waals surface area contributed by atoms with Gasteiger partial charge in [0, 0.05) is 19.4 Å². The van der Waals surface area contributed by atoms with Crippen molar-refractivity contribution in [3.8, 4) is 6.07 Å². The van der Waals surface area contributed by atoms with Crippen LogP contribution in [0.3, 0.4) is 0 Å². The molecule has 2 saturated heterocycles. The fourth-order valence-corrected chi connectivity index (χ4v) is 3.82. The van der Waals surface area contributed by atoms with Gasteiger partial charge in [0.2, 0.25) is 0 Å². The molecular weight excluding hydrogens is 369 g/mol. The summed E-state index contributed by atoms with van der Waals surface area (Å²) in [5.74, 6) is 2.41. The van der Waals surface area contributed by atoms with Gasteiger partial charge in [0.15, 0.2) is 0 Å². The first-order valence-electron chi connectivity index (χ1n) is 10.1. The molecule has 4 rings (SSSR count). The van der Waals surface area contributed by atoms with E-state index in [4.69, 9.17) is 4.74 Å². The van der Waals surface area contributed by atoms with Crippen molar-refractivity contribution in [3.05, 3.63) is 41.6 Å². The molecule has 7 heteroatoms. The van der Waals surface area contributed by atoms with Crippen LogP contribution in [-0.2, 0) is 10.2 Å². The van der Waals surface area contributed by atoms with Crippen molar-refractivity contribution in [2.75, 3.05) is 36.5 Å². The van der Waals surface area contributed by atoms with Crippen molar-refractivity contribution in [1.82, 2.24) is 9.97 Å². The van der Waals surface area contributed by atoms with Gasteiger partial charge < -0.3 is 15.0 Å². The summed E-state index contributed by atoms with van der Waals surface area (Å²) in [5.41, 5.74) is 1.47. The molecule has 0 amide bonds. The van der Waals surface area contributed by atoms with Crippen molar-refractivity contribution in [2.24, 2.45) is 0 Å². The van der Waals surface area contributed by atoms with Crippen LogP contribution in [0.15, 0.2) is 30.5 Å². The highest BCUT2D eigenvalue weighted by Crippen LogP contribution is 2.38. The lowest BCUT2D eigenvalue weighted by atomic mass is 9.75. The maximum atomic E-state index is 13.5. The van der Waals surface area contributed by atoms with Crippen molar-refractivity contribution in [2.45, 2.75) is 44.2 Å². The van der Waals surface area contributed by atoms with E-state index in [1.54, 1.807) is 6.20 Å².